The summed E-state index contributed by atoms with van der Waals surface area (Å²) in [6, 6.07) is 9.80. The Balaban J connectivity index is 0.00000264. The molecular formula is C18H23ClO4. The number of hydrogen-bond donors (Lipinski definition) is 4. The zero-order chi connectivity index (χ0) is 16.3. The van der Waals surface area contributed by atoms with Crippen LogP contribution in [0.15, 0.2) is 36.4 Å². The number of benzene rings is 2. The molecule has 0 bridgehead atoms. The molecule has 0 aromatic heterocycles. The van der Waals surface area contributed by atoms with E-state index in [4.69, 9.17) is 0 Å². The molecule has 0 aliphatic rings. The molecule has 0 aliphatic heterocycles. The van der Waals surface area contributed by atoms with Crippen LogP contribution in [0.2, 0.25) is 0 Å². The van der Waals surface area contributed by atoms with Gasteiger partial charge in [0.05, 0.1) is 0 Å². The first-order valence-corrected chi connectivity index (χ1v) is 7.38. The molecule has 2 aromatic rings. The second-order valence-electron chi connectivity index (χ2n) is 6.01. The highest BCUT2D eigenvalue weighted by Gasteiger charge is 2.15. The number of rotatable bonds is 5. The van der Waals surface area contributed by atoms with Gasteiger partial charge < -0.3 is 20.4 Å². The van der Waals surface area contributed by atoms with Crippen molar-refractivity contribution >= 4 is 12.4 Å². The van der Waals surface area contributed by atoms with E-state index in [-0.39, 0.29) is 35.4 Å². The number of aromatic hydroxyl groups is 4. The summed E-state index contributed by atoms with van der Waals surface area (Å²) < 4.78 is 0. The summed E-state index contributed by atoms with van der Waals surface area (Å²) in [5.74, 6) is 0.314. The predicted octanol–water partition coefficient (Wildman–Crippen LogP) is 3.99. The van der Waals surface area contributed by atoms with Gasteiger partial charge in [0, 0.05) is 0 Å². The van der Waals surface area contributed by atoms with Crippen molar-refractivity contribution < 1.29 is 20.4 Å². The van der Waals surface area contributed by atoms with Crippen LogP contribution < -0.4 is 0 Å². The molecule has 4 N–H and O–H groups in total. The minimum absolute atomic E-state index is 0. The van der Waals surface area contributed by atoms with Crippen molar-refractivity contribution in [2.24, 2.45) is 11.8 Å². The Morgan fingerprint density at radius 3 is 1.30 bits per heavy atom. The van der Waals surface area contributed by atoms with Gasteiger partial charge in [-0.1, -0.05) is 26.0 Å². The smallest absolute Gasteiger partial charge is 0.157 e. The van der Waals surface area contributed by atoms with E-state index in [0.717, 1.165) is 24.0 Å². The Morgan fingerprint density at radius 2 is 1.00 bits per heavy atom. The highest BCUT2D eigenvalue weighted by atomic mass is 35.5. The van der Waals surface area contributed by atoms with Crippen LogP contribution in [-0.2, 0) is 12.8 Å². The summed E-state index contributed by atoms with van der Waals surface area (Å²) in [6.07, 6.45) is 1.58. The van der Waals surface area contributed by atoms with Crippen molar-refractivity contribution in [2.45, 2.75) is 26.7 Å². The van der Waals surface area contributed by atoms with Crippen LogP contribution in [0.3, 0.4) is 0 Å². The lowest BCUT2D eigenvalue weighted by molar-refractivity contribution is 0.377. The van der Waals surface area contributed by atoms with Gasteiger partial charge in [-0.2, -0.15) is 0 Å². The van der Waals surface area contributed by atoms with Crippen LogP contribution in [0, 0.1) is 11.8 Å². The SMILES string of the molecule is C[C@H](Cc1ccc(O)c(O)c1)[C@@H](C)Cc1ccc(O)c(O)c1.Cl. The van der Waals surface area contributed by atoms with E-state index in [2.05, 4.69) is 13.8 Å². The molecule has 0 fully saturated rings. The van der Waals surface area contributed by atoms with Gasteiger partial charge in [-0.25, -0.2) is 0 Å². The lowest BCUT2D eigenvalue weighted by atomic mass is 9.85. The minimum Gasteiger partial charge on any atom is -0.504 e. The average molecular weight is 339 g/mol. The molecule has 23 heavy (non-hydrogen) atoms. The topological polar surface area (TPSA) is 80.9 Å². The van der Waals surface area contributed by atoms with E-state index in [1.54, 1.807) is 12.1 Å². The standard InChI is InChI=1S/C18H22O4.ClH/c1-11(7-13-3-5-15(19)17(21)9-13)12(2)8-14-4-6-16(20)18(22)10-14;/h3-6,9-12,19-22H,7-8H2,1-2H3;1H/t11-,12+;. The van der Waals surface area contributed by atoms with Crippen molar-refractivity contribution in [3.63, 3.8) is 0 Å². The van der Waals surface area contributed by atoms with Crippen molar-refractivity contribution in [1.82, 2.24) is 0 Å². The molecule has 0 radical (unpaired) electrons. The van der Waals surface area contributed by atoms with Gasteiger partial charge >= 0.3 is 0 Å². The predicted molar refractivity (Wildman–Crippen MR) is 92.5 cm³/mol. The Kier molecular flexibility index (Phi) is 6.58. The maximum Gasteiger partial charge on any atom is 0.157 e. The zero-order valence-corrected chi connectivity index (χ0v) is 14.0. The Bertz CT molecular complexity index is 600. The summed E-state index contributed by atoms with van der Waals surface area (Å²) in [6.45, 7) is 4.27. The number of halogens is 1. The third kappa shape index (κ3) is 4.96. The third-order valence-electron chi connectivity index (χ3n) is 4.17. The third-order valence-corrected chi connectivity index (χ3v) is 4.17. The molecule has 0 unspecified atom stereocenters. The summed E-state index contributed by atoms with van der Waals surface area (Å²) in [4.78, 5) is 0. The normalized spacial score (nSPS) is 13.1. The molecule has 0 aliphatic carbocycles. The molecule has 0 heterocycles. The first kappa shape index (κ1) is 19.0. The molecule has 0 amide bonds. The average Bonchev–Trinajstić information content (AvgIpc) is 2.46. The van der Waals surface area contributed by atoms with E-state index in [9.17, 15) is 20.4 Å². The van der Waals surface area contributed by atoms with Crippen LogP contribution in [0.4, 0.5) is 0 Å². The second kappa shape index (κ2) is 7.97. The van der Waals surface area contributed by atoms with Crippen LogP contribution in [0.25, 0.3) is 0 Å². The maximum atomic E-state index is 9.54. The molecule has 5 heteroatoms. The largest absolute Gasteiger partial charge is 0.504 e. The van der Waals surface area contributed by atoms with Gasteiger partial charge in [-0.15, -0.1) is 12.4 Å². The van der Waals surface area contributed by atoms with Gasteiger partial charge in [0.1, 0.15) is 0 Å². The minimum atomic E-state index is -0.107. The van der Waals surface area contributed by atoms with Gasteiger partial charge in [-0.3, -0.25) is 0 Å². The highest BCUT2D eigenvalue weighted by Crippen LogP contribution is 2.30. The molecule has 2 rings (SSSR count). The first-order chi connectivity index (χ1) is 10.4. The molecule has 0 saturated carbocycles. The fourth-order valence-electron chi connectivity index (χ4n) is 2.54. The van der Waals surface area contributed by atoms with Crippen LogP contribution in [0.1, 0.15) is 25.0 Å². The molecule has 4 nitrogen and oxygen atoms in total. The second-order valence-corrected chi connectivity index (χ2v) is 6.01. The number of phenols is 4. The summed E-state index contributed by atoms with van der Waals surface area (Å²) in [7, 11) is 0. The first-order valence-electron chi connectivity index (χ1n) is 7.38. The fraction of sp³-hybridized carbons (Fsp3) is 0.333. The van der Waals surface area contributed by atoms with Gasteiger partial charge in [0.2, 0.25) is 0 Å². The lowest BCUT2D eigenvalue weighted by Crippen LogP contribution is -2.13. The maximum absolute atomic E-state index is 9.54. The monoisotopic (exact) mass is 338 g/mol. The zero-order valence-electron chi connectivity index (χ0n) is 13.2. The van der Waals surface area contributed by atoms with E-state index < -0.39 is 0 Å². The summed E-state index contributed by atoms with van der Waals surface area (Å²) in [5.41, 5.74) is 1.95. The molecular weight excluding hydrogens is 316 g/mol. The van der Waals surface area contributed by atoms with Gasteiger partial charge in [0.25, 0.3) is 0 Å². The quantitative estimate of drug-likeness (QED) is 0.621. The summed E-state index contributed by atoms with van der Waals surface area (Å²) >= 11 is 0. The van der Waals surface area contributed by atoms with Crippen molar-refractivity contribution in [3.05, 3.63) is 47.5 Å². The van der Waals surface area contributed by atoms with Crippen molar-refractivity contribution in [2.75, 3.05) is 0 Å². The molecule has 126 valence electrons. The van der Waals surface area contributed by atoms with Crippen LogP contribution in [0.5, 0.6) is 23.0 Å². The molecule has 2 atom stereocenters. The summed E-state index contributed by atoms with van der Waals surface area (Å²) in [5, 5.41) is 37.8. The van der Waals surface area contributed by atoms with Crippen molar-refractivity contribution in [3.8, 4) is 23.0 Å². The van der Waals surface area contributed by atoms with E-state index in [1.165, 1.54) is 12.1 Å². The lowest BCUT2D eigenvalue weighted by Gasteiger charge is -2.20. The number of hydrogen-bond acceptors (Lipinski definition) is 4. The van der Waals surface area contributed by atoms with Crippen LogP contribution >= 0.6 is 12.4 Å². The van der Waals surface area contributed by atoms with E-state index in [1.807, 2.05) is 12.1 Å². The highest BCUT2D eigenvalue weighted by molar-refractivity contribution is 5.85. The fourth-order valence-corrected chi connectivity index (χ4v) is 2.54. The van der Waals surface area contributed by atoms with Gasteiger partial charge in [-0.05, 0) is 60.1 Å². The van der Waals surface area contributed by atoms with Gasteiger partial charge in [0.15, 0.2) is 23.0 Å². The van der Waals surface area contributed by atoms with Crippen molar-refractivity contribution in [1.29, 1.82) is 0 Å². The Hall–Kier alpha value is -2.07. The van der Waals surface area contributed by atoms with E-state index in [0.29, 0.717) is 11.8 Å². The van der Waals surface area contributed by atoms with E-state index >= 15 is 0 Å². The Morgan fingerprint density at radius 1 is 0.652 bits per heavy atom. The Labute approximate surface area is 142 Å². The molecule has 0 saturated heterocycles. The van der Waals surface area contributed by atoms with Crippen LogP contribution in [-0.4, -0.2) is 20.4 Å². The number of phenolic OH excluding ortho intramolecular Hbond substituents is 4. The molecule has 0 spiro atoms. The molecule has 2 aromatic carbocycles.